The van der Waals surface area contributed by atoms with Crippen molar-refractivity contribution in [2.24, 2.45) is 0 Å². The fourth-order valence-corrected chi connectivity index (χ4v) is 3.52. The van der Waals surface area contributed by atoms with Crippen LogP contribution in [0, 0.1) is 0 Å². The first kappa shape index (κ1) is 17.3. The summed E-state index contributed by atoms with van der Waals surface area (Å²) in [5.74, 6) is 0. The maximum atomic E-state index is 12.7. The SMILES string of the molecule is CC[C@H](c1ccncc1)N(C)C(=O)Nc1ccc2c(c1)N(CC)CC2. The van der Waals surface area contributed by atoms with Crippen molar-refractivity contribution >= 4 is 17.4 Å². The Bertz CT molecular complexity index is 732. The molecule has 3 rings (SSSR count). The molecule has 25 heavy (non-hydrogen) atoms. The number of anilines is 2. The molecule has 0 radical (unpaired) electrons. The lowest BCUT2D eigenvalue weighted by atomic mass is 10.1. The normalized spacial score (nSPS) is 14.1. The topological polar surface area (TPSA) is 48.5 Å². The minimum Gasteiger partial charge on any atom is -0.371 e. The number of amides is 2. The quantitative estimate of drug-likeness (QED) is 0.894. The van der Waals surface area contributed by atoms with Crippen LogP contribution < -0.4 is 10.2 Å². The molecule has 5 heteroatoms. The molecule has 2 heterocycles. The largest absolute Gasteiger partial charge is 0.371 e. The van der Waals surface area contributed by atoms with Gasteiger partial charge in [-0.25, -0.2) is 4.79 Å². The van der Waals surface area contributed by atoms with Crippen molar-refractivity contribution in [1.82, 2.24) is 9.88 Å². The highest BCUT2D eigenvalue weighted by molar-refractivity contribution is 5.90. The zero-order valence-corrected chi connectivity index (χ0v) is 15.2. The van der Waals surface area contributed by atoms with Gasteiger partial charge in [-0.2, -0.15) is 0 Å². The standard InChI is InChI=1S/C20H26N4O/c1-4-18(16-8-11-21-12-9-16)23(3)20(25)22-17-7-6-15-10-13-24(5-2)19(15)14-17/h6-9,11-12,14,18H,4-5,10,13H2,1-3H3,(H,22,25)/t18-/m1/s1. The molecule has 1 aliphatic heterocycles. The summed E-state index contributed by atoms with van der Waals surface area (Å²) in [5, 5.41) is 3.05. The van der Waals surface area contributed by atoms with Gasteiger partial charge < -0.3 is 15.1 Å². The van der Waals surface area contributed by atoms with E-state index >= 15 is 0 Å². The second-order valence-corrected chi connectivity index (χ2v) is 6.42. The Labute approximate surface area is 149 Å². The van der Waals surface area contributed by atoms with Gasteiger partial charge in [0.05, 0.1) is 6.04 Å². The molecule has 0 spiro atoms. The summed E-state index contributed by atoms with van der Waals surface area (Å²) in [5.41, 5.74) is 4.54. The summed E-state index contributed by atoms with van der Waals surface area (Å²) in [4.78, 5) is 20.9. The van der Waals surface area contributed by atoms with Crippen LogP contribution in [0.2, 0.25) is 0 Å². The predicted molar refractivity (Wildman–Crippen MR) is 102 cm³/mol. The summed E-state index contributed by atoms with van der Waals surface area (Å²) >= 11 is 0. The molecule has 5 nitrogen and oxygen atoms in total. The molecule has 0 fully saturated rings. The predicted octanol–water partition coefficient (Wildman–Crippen LogP) is 4.08. The molecule has 1 atom stereocenters. The van der Waals surface area contributed by atoms with E-state index in [9.17, 15) is 4.79 Å². The Morgan fingerprint density at radius 2 is 2.04 bits per heavy atom. The van der Waals surface area contributed by atoms with Crippen LogP contribution >= 0.6 is 0 Å². The number of rotatable bonds is 5. The lowest BCUT2D eigenvalue weighted by Gasteiger charge is -2.28. The Kier molecular flexibility index (Phi) is 5.22. The van der Waals surface area contributed by atoms with Crippen LogP contribution in [0.15, 0.2) is 42.7 Å². The van der Waals surface area contributed by atoms with Crippen LogP contribution in [0.5, 0.6) is 0 Å². The molecule has 0 unspecified atom stereocenters. The molecule has 2 amide bonds. The smallest absolute Gasteiger partial charge is 0.322 e. The maximum Gasteiger partial charge on any atom is 0.322 e. The highest BCUT2D eigenvalue weighted by Crippen LogP contribution is 2.31. The second-order valence-electron chi connectivity index (χ2n) is 6.42. The summed E-state index contributed by atoms with van der Waals surface area (Å²) in [6.45, 7) is 6.30. The first-order valence-electron chi connectivity index (χ1n) is 8.95. The number of pyridine rings is 1. The van der Waals surface area contributed by atoms with Crippen LogP contribution in [-0.2, 0) is 6.42 Å². The van der Waals surface area contributed by atoms with E-state index in [0.29, 0.717) is 0 Å². The molecule has 0 saturated heterocycles. The summed E-state index contributed by atoms with van der Waals surface area (Å²) in [6.07, 6.45) is 5.46. The number of carbonyl (C=O) groups excluding carboxylic acids is 1. The maximum absolute atomic E-state index is 12.7. The highest BCUT2D eigenvalue weighted by Gasteiger charge is 2.22. The Hall–Kier alpha value is -2.56. The number of fused-ring (bicyclic) bond motifs is 1. The van der Waals surface area contributed by atoms with E-state index in [0.717, 1.165) is 37.2 Å². The molecule has 1 aromatic carbocycles. The van der Waals surface area contributed by atoms with Gasteiger partial charge in [0.15, 0.2) is 0 Å². The number of likely N-dealkylation sites (N-methyl/N-ethyl adjacent to an activating group) is 1. The minimum absolute atomic E-state index is 0.0320. The van der Waals surface area contributed by atoms with Gasteiger partial charge in [-0.1, -0.05) is 13.0 Å². The molecule has 1 aliphatic rings. The van der Waals surface area contributed by atoms with E-state index in [1.807, 2.05) is 25.2 Å². The average molecular weight is 338 g/mol. The number of aromatic nitrogens is 1. The third-order valence-corrected chi connectivity index (χ3v) is 4.98. The van der Waals surface area contributed by atoms with Gasteiger partial charge in [-0.3, -0.25) is 4.98 Å². The molecule has 0 bridgehead atoms. The summed E-state index contributed by atoms with van der Waals surface area (Å²) in [6, 6.07) is 10.1. The van der Waals surface area contributed by atoms with Crippen molar-refractivity contribution in [2.75, 3.05) is 30.4 Å². The van der Waals surface area contributed by atoms with Crippen LogP contribution in [-0.4, -0.2) is 36.1 Å². The summed E-state index contributed by atoms with van der Waals surface area (Å²) in [7, 11) is 1.84. The lowest BCUT2D eigenvalue weighted by Crippen LogP contribution is -2.34. The molecule has 132 valence electrons. The molecule has 0 saturated carbocycles. The Morgan fingerprint density at radius 3 is 2.72 bits per heavy atom. The molecular weight excluding hydrogens is 312 g/mol. The van der Waals surface area contributed by atoms with Crippen molar-refractivity contribution < 1.29 is 4.79 Å². The first-order valence-corrected chi connectivity index (χ1v) is 8.95. The van der Waals surface area contributed by atoms with E-state index in [1.54, 1.807) is 17.3 Å². The molecular formula is C20H26N4O. The van der Waals surface area contributed by atoms with E-state index < -0.39 is 0 Å². The van der Waals surface area contributed by atoms with E-state index in [2.05, 4.69) is 41.2 Å². The Morgan fingerprint density at radius 1 is 1.28 bits per heavy atom. The van der Waals surface area contributed by atoms with Crippen LogP contribution in [0.1, 0.15) is 37.4 Å². The number of hydrogen-bond acceptors (Lipinski definition) is 3. The van der Waals surface area contributed by atoms with E-state index in [4.69, 9.17) is 0 Å². The molecule has 0 aliphatic carbocycles. The van der Waals surface area contributed by atoms with Gasteiger partial charge in [0, 0.05) is 43.9 Å². The molecule has 1 aromatic heterocycles. The van der Waals surface area contributed by atoms with Gasteiger partial charge in [0.1, 0.15) is 0 Å². The minimum atomic E-state index is -0.0929. The van der Waals surface area contributed by atoms with Crippen LogP contribution in [0.25, 0.3) is 0 Å². The van der Waals surface area contributed by atoms with Crippen molar-refractivity contribution in [3.63, 3.8) is 0 Å². The highest BCUT2D eigenvalue weighted by atomic mass is 16.2. The zero-order chi connectivity index (χ0) is 17.8. The third-order valence-electron chi connectivity index (χ3n) is 4.98. The van der Waals surface area contributed by atoms with Crippen molar-refractivity contribution in [3.8, 4) is 0 Å². The number of nitrogens with one attached hydrogen (secondary N) is 1. The second kappa shape index (κ2) is 7.55. The van der Waals surface area contributed by atoms with Gasteiger partial charge in [0.25, 0.3) is 0 Å². The third kappa shape index (κ3) is 3.60. The van der Waals surface area contributed by atoms with Crippen molar-refractivity contribution in [1.29, 1.82) is 0 Å². The van der Waals surface area contributed by atoms with E-state index in [1.165, 1.54) is 11.3 Å². The number of nitrogens with zero attached hydrogens (tertiary/aromatic N) is 3. The Balaban J connectivity index is 1.73. The van der Waals surface area contributed by atoms with Crippen molar-refractivity contribution in [2.45, 2.75) is 32.7 Å². The lowest BCUT2D eigenvalue weighted by molar-refractivity contribution is 0.202. The fraction of sp³-hybridized carbons (Fsp3) is 0.400. The van der Waals surface area contributed by atoms with Gasteiger partial charge in [0.2, 0.25) is 0 Å². The molecule has 1 N–H and O–H groups in total. The number of carbonyl (C=O) groups is 1. The molecule has 2 aromatic rings. The van der Waals surface area contributed by atoms with Gasteiger partial charge in [-0.05, 0) is 55.2 Å². The van der Waals surface area contributed by atoms with Crippen molar-refractivity contribution in [3.05, 3.63) is 53.9 Å². The monoisotopic (exact) mass is 338 g/mol. The number of benzene rings is 1. The van der Waals surface area contributed by atoms with E-state index in [-0.39, 0.29) is 12.1 Å². The van der Waals surface area contributed by atoms with Gasteiger partial charge >= 0.3 is 6.03 Å². The van der Waals surface area contributed by atoms with Gasteiger partial charge in [-0.15, -0.1) is 0 Å². The average Bonchev–Trinajstić information content (AvgIpc) is 3.05. The first-order chi connectivity index (χ1) is 12.1. The van der Waals surface area contributed by atoms with Crippen LogP contribution in [0.3, 0.4) is 0 Å². The fourth-order valence-electron chi connectivity index (χ4n) is 3.52. The number of hydrogen-bond donors (Lipinski definition) is 1. The summed E-state index contributed by atoms with van der Waals surface area (Å²) < 4.78 is 0. The van der Waals surface area contributed by atoms with Crippen LogP contribution in [0.4, 0.5) is 16.2 Å². The number of urea groups is 1. The zero-order valence-electron chi connectivity index (χ0n) is 15.2.